The van der Waals surface area contributed by atoms with E-state index in [4.69, 9.17) is 4.74 Å². The zero-order chi connectivity index (χ0) is 18.2. The van der Waals surface area contributed by atoms with Crippen LogP contribution in [-0.4, -0.2) is 49.5 Å². The number of hydrogen-bond donors (Lipinski definition) is 1. The molecule has 1 amide bonds. The fourth-order valence-electron chi connectivity index (χ4n) is 3.33. The predicted octanol–water partition coefficient (Wildman–Crippen LogP) is 1.03. The molecule has 1 saturated heterocycles. The van der Waals surface area contributed by atoms with E-state index in [1.165, 1.54) is 15.6 Å². The van der Waals surface area contributed by atoms with Crippen molar-refractivity contribution in [2.75, 3.05) is 19.3 Å². The summed E-state index contributed by atoms with van der Waals surface area (Å²) in [6, 6.07) is 3.82. The molecule has 1 spiro atoms. The smallest absolute Gasteiger partial charge is 0.335 e. The SMILES string of the molecule is CC1=C(C(=O)NCc2cccs2)C2(CCN(S(C)(=O)=O)CC2)OC1=O. The summed E-state index contributed by atoms with van der Waals surface area (Å²) >= 11 is 1.54. The maximum absolute atomic E-state index is 12.7. The number of piperidine rings is 1. The minimum Gasteiger partial charge on any atom is -0.450 e. The van der Waals surface area contributed by atoms with Gasteiger partial charge < -0.3 is 10.1 Å². The molecule has 1 aromatic rings. The molecule has 1 aromatic heterocycles. The molecule has 0 saturated carbocycles. The zero-order valence-corrected chi connectivity index (χ0v) is 15.7. The van der Waals surface area contributed by atoms with Crippen molar-refractivity contribution in [3.63, 3.8) is 0 Å². The number of sulfonamides is 1. The number of nitrogens with one attached hydrogen (secondary N) is 1. The standard InChI is InChI=1S/C16H20N2O5S2/c1-11-13(14(19)17-10-12-4-3-9-24-12)16(23-15(11)20)5-7-18(8-6-16)25(2,21)22/h3-4,9H,5-8,10H2,1-2H3,(H,17,19). The largest absolute Gasteiger partial charge is 0.450 e. The second kappa shape index (κ2) is 6.54. The molecule has 1 fully saturated rings. The quantitative estimate of drug-likeness (QED) is 0.783. The lowest BCUT2D eigenvalue weighted by Gasteiger charge is -2.38. The van der Waals surface area contributed by atoms with Crippen molar-refractivity contribution in [1.29, 1.82) is 0 Å². The van der Waals surface area contributed by atoms with Crippen LogP contribution in [0.15, 0.2) is 28.7 Å². The Morgan fingerprint density at radius 3 is 2.64 bits per heavy atom. The Morgan fingerprint density at radius 2 is 2.08 bits per heavy atom. The Labute approximate surface area is 150 Å². The molecule has 0 radical (unpaired) electrons. The first kappa shape index (κ1) is 18.1. The summed E-state index contributed by atoms with van der Waals surface area (Å²) in [5, 5.41) is 4.77. The minimum atomic E-state index is -3.30. The van der Waals surface area contributed by atoms with Gasteiger partial charge in [0.2, 0.25) is 10.0 Å². The van der Waals surface area contributed by atoms with Gasteiger partial charge in [-0.2, -0.15) is 0 Å². The van der Waals surface area contributed by atoms with Gasteiger partial charge in [-0.15, -0.1) is 11.3 Å². The molecule has 9 heteroatoms. The lowest BCUT2D eigenvalue weighted by atomic mass is 9.83. The van der Waals surface area contributed by atoms with Gasteiger partial charge in [0.25, 0.3) is 5.91 Å². The van der Waals surface area contributed by atoms with Crippen LogP contribution in [0.5, 0.6) is 0 Å². The van der Waals surface area contributed by atoms with E-state index in [2.05, 4.69) is 5.32 Å². The molecule has 0 atom stereocenters. The van der Waals surface area contributed by atoms with Crippen LogP contribution in [0.1, 0.15) is 24.6 Å². The highest BCUT2D eigenvalue weighted by Crippen LogP contribution is 2.41. The highest BCUT2D eigenvalue weighted by atomic mass is 32.2. The Kier molecular flexibility index (Phi) is 4.74. The molecular formula is C16H20N2O5S2. The molecule has 136 valence electrons. The van der Waals surface area contributed by atoms with E-state index in [1.54, 1.807) is 6.92 Å². The van der Waals surface area contributed by atoms with Crippen LogP contribution >= 0.6 is 11.3 Å². The Bertz CT molecular complexity index is 819. The fourth-order valence-corrected chi connectivity index (χ4v) is 4.82. The first-order valence-corrected chi connectivity index (χ1v) is 10.7. The van der Waals surface area contributed by atoms with Gasteiger partial charge in [-0.05, 0) is 18.4 Å². The van der Waals surface area contributed by atoms with Crippen LogP contribution in [0.4, 0.5) is 0 Å². The van der Waals surface area contributed by atoms with Crippen molar-refractivity contribution in [2.45, 2.75) is 31.9 Å². The van der Waals surface area contributed by atoms with Gasteiger partial charge in [-0.1, -0.05) is 6.07 Å². The summed E-state index contributed by atoms with van der Waals surface area (Å²) in [5.74, 6) is -0.835. The molecule has 0 aliphatic carbocycles. The van der Waals surface area contributed by atoms with E-state index in [-0.39, 0.29) is 31.8 Å². The number of rotatable bonds is 4. The summed E-state index contributed by atoms with van der Waals surface area (Å²) in [7, 11) is -3.30. The highest BCUT2D eigenvalue weighted by molar-refractivity contribution is 7.88. The van der Waals surface area contributed by atoms with Crippen LogP contribution in [-0.2, 0) is 30.9 Å². The van der Waals surface area contributed by atoms with Crippen molar-refractivity contribution >= 4 is 33.2 Å². The topological polar surface area (TPSA) is 92.8 Å². The predicted molar refractivity (Wildman–Crippen MR) is 93.3 cm³/mol. The number of hydrogen-bond acceptors (Lipinski definition) is 6. The van der Waals surface area contributed by atoms with Gasteiger partial charge in [0.15, 0.2) is 0 Å². The van der Waals surface area contributed by atoms with Gasteiger partial charge in [-0.3, -0.25) is 4.79 Å². The fraction of sp³-hybridized carbons (Fsp3) is 0.500. The number of carbonyl (C=O) groups is 2. The average Bonchev–Trinajstić information content (AvgIpc) is 3.13. The molecule has 3 rings (SSSR count). The second-order valence-corrected chi connectivity index (χ2v) is 9.32. The van der Waals surface area contributed by atoms with E-state index in [9.17, 15) is 18.0 Å². The van der Waals surface area contributed by atoms with Crippen molar-refractivity contribution in [3.05, 3.63) is 33.5 Å². The molecule has 0 aromatic carbocycles. The Balaban J connectivity index is 1.78. The van der Waals surface area contributed by atoms with Gasteiger partial charge in [0.1, 0.15) is 5.60 Å². The molecule has 2 aliphatic rings. The molecule has 1 N–H and O–H groups in total. The number of ether oxygens (including phenoxy) is 1. The third-order valence-corrected chi connectivity index (χ3v) is 6.83. The molecule has 3 heterocycles. The zero-order valence-electron chi connectivity index (χ0n) is 14.1. The van der Waals surface area contributed by atoms with Gasteiger partial charge in [0.05, 0.1) is 18.4 Å². The minimum absolute atomic E-state index is 0.223. The summed E-state index contributed by atoms with van der Waals surface area (Å²) in [4.78, 5) is 25.8. The number of carbonyl (C=O) groups excluding carboxylic acids is 2. The number of nitrogens with zero attached hydrogens (tertiary/aromatic N) is 1. The maximum Gasteiger partial charge on any atom is 0.335 e. The maximum atomic E-state index is 12.7. The normalized spacial score (nSPS) is 20.8. The lowest BCUT2D eigenvalue weighted by Crippen LogP contribution is -2.50. The molecule has 0 unspecified atom stereocenters. The van der Waals surface area contributed by atoms with Crippen LogP contribution in [0.25, 0.3) is 0 Å². The summed E-state index contributed by atoms with van der Waals surface area (Å²) in [6.45, 7) is 2.41. The first-order valence-electron chi connectivity index (χ1n) is 7.93. The van der Waals surface area contributed by atoms with Crippen molar-refractivity contribution in [2.24, 2.45) is 0 Å². The summed E-state index contributed by atoms with van der Waals surface area (Å²) < 4.78 is 30.3. The third kappa shape index (κ3) is 3.49. The monoisotopic (exact) mass is 384 g/mol. The van der Waals surface area contributed by atoms with Crippen molar-refractivity contribution < 1.29 is 22.7 Å². The van der Waals surface area contributed by atoms with E-state index in [0.717, 1.165) is 11.1 Å². The molecule has 0 bridgehead atoms. The van der Waals surface area contributed by atoms with Crippen molar-refractivity contribution in [1.82, 2.24) is 9.62 Å². The molecule has 25 heavy (non-hydrogen) atoms. The summed E-state index contributed by atoms with van der Waals surface area (Å²) in [5.41, 5.74) is -0.388. The molecular weight excluding hydrogens is 364 g/mol. The van der Waals surface area contributed by atoms with Gasteiger partial charge in [0, 0.05) is 36.4 Å². The van der Waals surface area contributed by atoms with Crippen LogP contribution in [0, 0.1) is 0 Å². The number of esters is 1. The second-order valence-electron chi connectivity index (χ2n) is 6.31. The lowest BCUT2D eigenvalue weighted by molar-refractivity contribution is -0.150. The van der Waals surface area contributed by atoms with E-state index in [1.807, 2.05) is 17.5 Å². The van der Waals surface area contributed by atoms with Gasteiger partial charge in [-0.25, -0.2) is 17.5 Å². The van der Waals surface area contributed by atoms with Crippen LogP contribution in [0.2, 0.25) is 0 Å². The van der Waals surface area contributed by atoms with Gasteiger partial charge >= 0.3 is 5.97 Å². The average molecular weight is 384 g/mol. The number of amides is 1. The van der Waals surface area contributed by atoms with E-state index >= 15 is 0 Å². The van der Waals surface area contributed by atoms with Crippen LogP contribution in [0.3, 0.4) is 0 Å². The Morgan fingerprint density at radius 1 is 1.40 bits per heavy atom. The summed E-state index contributed by atoms with van der Waals surface area (Å²) in [6.07, 6.45) is 1.72. The first-order chi connectivity index (χ1) is 11.7. The van der Waals surface area contributed by atoms with Crippen molar-refractivity contribution in [3.8, 4) is 0 Å². The van der Waals surface area contributed by atoms with E-state index < -0.39 is 21.6 Å². The van der Waals surface area contributed by atoms with Crippen LogP contribution < -0.4 is 5.32 Å². The Hall–Kier alpha value is -1.71. The number of thiophene rings is 1. The molecule has 7 nitrogen and oxygen atoms in total. The molecule has 2 aliphatic heterocycles. The van der Waals surface area contributed by atoms with E-state index in [0.29, 0.717) is 17.7 Å². The highest BCUT2D eigenvalue weighted by Gasteiger charge is 2.51. The third-order valence-electron chi connectivity index (χ3n) is 4.65.